The van der Waals surface area contributed by atoms with Crippen molar-refractivity contribution in [2.45, 2.75) is 33.4 Å². The Morgan fingerprint density at radius 3 is 2.68 bits per heavy atom. The molecule has 1 aliphatic heterocycles. The zero-order chi connectivity index (χ0) is 20.6. The SMILES string of the molecule is CC(C)(CO)CC(=O)N1CCn2nc(-c3ccc(F)c(Cl)c3)c(C(N)=O)c2C1. The summed E-state index contributed by atoms with van der Waals surface area (Å²) in [4.78, 5) is 26.4. The molecular formula is C19H22ClFN4O3. The number of carbonyl (C=O) groups is 2. The maximum absolute atomic E-state index is 13.5. The monoisotopic (exact) mass is 408 g/mol. The molecule has 0 spiro atoms. The Hall–Kier alpha value is -2.45. The van der Waals surface area contributed by atoms with Gasteiger partial charge in [0, 0.05) is 25.1 Å². The number of nitrogens with zero attached hydrogens (tertiary/aromatic N) is 3. The lowest BCUT2D eigenvalue weighted by Gasteiger charge is -2.31. The lowest BCUT2D eigenvalue weighted by Crippen LogP contribution is -2.41. The normalized spacial score (nSPS) is 14.1. The average molecular weight is 409 g/mol. The maximum Gasteiger partial charge on any atom is 0.252 e. The highest BCUT2D eigenvalue weighted by atomic mass is 35.5. The first-order valence-corrected chi connectivity index (χ1v) is 9.24. The van der Waals surface area contributed by atoms with Crippen molar-refractivity contribution in [3.63, 3.8) is 0 Å². The van der Waals surface area contributed by atoms with E-state index in [0.717, 1.165) is 0 Å². The Kier molecular flexibility index (Phi) is 5.45. The molecule has 3 rings (SSSR count). The Morgan fingerprint density at radius 1 is 1.36 bits per heavy atom. The van der Waals surface area contributed by atoms with E-state index >= 15 is 0 Å². The van der Waals surface area contributed by atoms with E-state index in [0.29, 0.717) is 30.0 Å². The van der Waals surface area contributed by atoms with Crippen LogP contribution >= 0.6 is 11.6 Å². The van der Waals surface area contributed by atoms with E-state index in [1.165, 1.54) is 18.2 Å². The van der Waals surface area contributed by atoms with E-state index in [1.54, 1.807) is 9.58 Å². The van der Waals surface area contributed by atoms with Gasteiger partial charge in [-0.15, -0.1) is 0 Å². The van der Waals surface area contributed by atoms with Gasteiger partial charge < -0.3 is 15.7 Å². The fourth-order valence-corrected chi connectivity index (χ4v) is 3.39. The van der Waals surface area contributed by atoms with Gasteiger partial charge in [-0.2, -0.15) is 5.10 Å². The van der Waals surface area contributed by atoms with Crippen LogP contribution in [0.2, 0.25) is 5.02 Å². The predicted octanol–water partition coefficient (Wildman–Crippen LogP) is 2.19. The summed E-state index contributed by atoms with van der Waals surface area (Å²) < 4.78 is 15.1. The molecule has 150 valence electrons. The lowest BCUT2D eigenvalue weighted by molar-refractivity contribution is -0.135. The van der Waals surface area contributed by atoms with Gasteiger partial charge >= 0.3 is 0 Å². The van der Waals surface area contributed by atoms with E-state index in [9.17, 15) is 19.1 Å². The van der Waals surface area contributed by atoms with Gasteiger partial charge in [-0.3, -0.25) is 14.3 Å². The molecule has 2 heterocycles. The molecule has 0 saturated heterocycles. The van der Waals surface area contributed by atoms with Gasteiger partial charge in [0.05, 0.1) is 29.4 Å². The summed E-state index contributed by atoms with van der Waals surface area (Å²) in [6.07, 6.45) is 0.184. The van der Waals surface area contributed by atoms with Crippen molar-refractivity contribution in [3.8, 4) is 11.3 Å². The number of fused-ring (bicyclic) bond motifs is 1. The molecule has 0 radical (unpaired) electrons. The summed E-state index contributed by atoms with van der Waals surface area (Å²) in [7, 11) is 0. The minimum absolute atomic E-state index is 0.0815. The second kappa shape index (κ2) is 7.52. The molecule has 28 heavy (non-hydrogen) atoms. The van der Waals surface area contributed by atoms with Crippen LogP contribution in [0.3, 0.4) is 0 Å². The van der Waals surface area contributed by atoms with Crippen LogP contribution in [-0.2, 0) is 17.9 Å². The average Bonchev–Trinajstić information content (AvgIpc) is 3.02. The fraction of sp³-hybridized carbons (Fsp3) is 0.421. The van der Waals surface area contributed by atoms with Crippen LogP contribution in [0.5, 0.6) is 0 Å². The first-order valence-electron chi connectivity index (χ1n) is 8.86. The maximum atomic E-state index is 13.5. The van der Waals surface area contributed by atoms with Crippen LogP contribution in [0, 0.1) is 11.2 Å². The van der Waals surface area contributed by atoms with Crippen molar-refractivity contribution in [3.05, 3.63) is 40.3 Å². The number of primary amides is 1. The van der Waals surface area contributed by atoms with E-state index in [-0.39, 0.29) is 36.1 Å². The van der Waals surface area contributed by atoms with Crippen LogP contribution in [0.1, 0.15) is 36.3 Å². The van der Waals surface area contributed by atoms with Gasteiger partial charge in [0.25, 0.3) is 5.91 Å². The quantitative estimate of drug-likeness (QED) is 0.791. The molecule has 0 unspecified atom stereocenters. The molecule has 0 fully saturated rings. The van der Waals surface area contributed by atoms with Gasteiger partial charge in [-0.1, -0.05) is 25.4 Å². The van der Waals surface area contributed by atoms with Crippen LogP contribution in [-0.4, -0.2) is 44.8 Å². The minimum Gasteiger partial charge on any atom is -0.396 e. The number of halogens is 2. The highest BCUT2D eigenvalue weighted by molar-refractivity contribution is 6.31. The molecule has 3 N–H and O–H groups in total. The molecule has 0 bridgehead atoms. The number of aliphatic hydroxyl groups excluding tert-OH is 1. The Labute approximate surface area is 166 Å². The van der Waals surface area contributed by atoms with Gasteiger partial charge in [0.2, 0.25) is 5.91 Å². The molecule has 9 heteroatoms. The summed E-state index contributed by atoms with van der Waals surface area (Å²) in [6, 6.07) is 4.08. The van der Waals surface area contributed by atoms with Gasteiger partial charge in [0.1, 0.15) is 11.5 Å². The first kappa shape index (κ1) is 20.3. The number of hydrogen-bond acceptors (Lipinski definition) is 4. The smallest absolute Gasteiger partial charge is 0.252 e. The van der Waals surface area contributed by atoms with Crippen molar-refractivity contribution in [1.29, 1.82) is 0 Å². The molecule has 1 aliphatic rings. The first-order chi connectivity index (χ1) is 13.1. The van der Waals surface area contributed by atoms with Crippen molar-refractivity contribution >= 4 is 23.4 Å². The van der Waals surface area contributed by atoms with Crippen molar-refractivity contribution in [2.75, 3.05) is 13.2 Å². The molecule has 0 aliphatic carbocycles. The van der Waals surface area contributed by atoms with Crippen LogP contribution in [0.15, 0.2) is 18.2 Å². The number of benzene rings is 1. The topological polar surface area (TPSA) is 101 Å². The largest absolute Gasteiger partial charge is 0.396 e. The minimum atomic E-state index is -0.679. The number of rotatable bonds is 5. The van der Waals surface area contributed by atoms with Crippen LogP contribution < -0.4 is 5.73 Å². The third-order valence-corrected chi connectivity index (χ3v) is 5.12. The third kappa shape index (κ3) is 3.88. The molecule has 1 aromatic heterocycles. The zero-order valence-electron chi connectivity index (χ0n) is 15.7. The summed E-state index contributed by atoms with van der Waals surface area (Å²) in [5.41, 5.74) is 6.58. The van der Waals surface area contributed by atoms with Gasteiger partial charge in [0.15, 0.2) is 0 Å². The molecule has 2 amide bonds. The summed E-state index contributed by atoms with van der Waals surface area (Å²) in [5, 5.41) is 13.8. The molecule has 0 saturated carbocycles. The number of nitrogens with two attached hydrogens (primary N) is 1. The van der Waals surface area contributed by atoms with Crippen molar-refractivity contribution in [2.24, 2.45) is 11.1 Å². The van der Waals surface area contributed by atoms with Crippen LogP contribution in [0.4, 0.5) is 4.39 Å². The summed E-state index contributed by atoms with van der Waals surface area (Å²) in [6.45, 7) is 4.52. The summed E-state index contributed by atoms with van der Waals surface area (Å²) in [5.74, 6) is -1.37. The van der Waals surface area contributed by atoms with Crippen LogP contribution in [0.25, 0.3) is 11.3 Å². The second-order valence-electron chi connectivity index (χ2n) is 7.70. The predicted molar refractivity (Wildman–Crippen MR) is 102 cm³/mol. The van der Waals surface area contributed by atoms with Crippen molar-refractivity contribution < 1.29 is 19.1 Å². The second-order valence-corrected chi connectivity index (χ2v) is 8.11. The van der Waals surface area contributed by atoms with Crippen molar-refractivity contribution in [1.82, 2.24) is 14.7 Å². The molecule has 1 aromatic carbocycles. The zero-order valence-corrected chi connectivity index (χ0v) is 16.5. The number of carbonyl (C=O) groups excluding carboxylic acids is 2. The highest BCUT2D eigenvalue weighted by Gasteiger charge is 2.31. The van der Waals surface area contributed by atoms with E-state index < -0.39 is 17.1 Å². The molecule has 7 nitrogen and oxygen atoms in total. The Balaban J connectivity index is 1.96. The Morgan fingerprint density at radius 2 is 2.07 bits per heavy atom. The Bertz CT molecular complexity index is 942. The van der Waals surface area contributed by atoms with E-state index in [2.05, 4.69) is 5.10 Å². The highest BCUT2D eigenvalue weighted by Crippen LogP contribution is 2.31. The third-order valence-electron chi connectivity index (χ3n) is 4.83. The van der Waals surface area contributed by atoms with E-state index in [4.69, 9.17) is 17.3 Å². The fourth-order valence-electron chi connectivity index (χ4n) is 3.21. The molecular weight excluding hydrogens is 387 g/mol. The number of aliphatic hydroxyl groups is 1. The number of hydrogen-bond donors (Lipinski definition) is 2. The van der Waals surface area contributed by atoms with Gasteiger partial charge in [-0.25, -0.2) is 4.39 Å². The lowest BCUT2D eigenvalue weighted by atomic mass is 9.90. The molecule has 2 aromatic rings. The number of aromatic nitrogens is 2. The van der Waals surface area contributed by atoms with Gasteiger partial charge in [-0.05, 0) is 23.6 Å². The molecule has 0 atom stereocenters. The standard InChI is InChI=1S/C19H22ClFN4O3/c1-19(2,10-26)8-15(27)24-5-6-25-14(9-24)16(18(22)28)17(23-25)11-3-4-13(21)12(20)7-11/h3-4,7,26H,5-6,8-10H2,1-2H3,(H2,22,28). The summed E-state index contributed by atoms with van der Waals surface area (Å²) >= 11 is 5.86. The number of amides is 2. The van der Waals surface area contributed by atoms with E-state index in [1.807, 2.05) is 13.8 Å².